The summed E-state index contributed by atoms with van der Waals surface area (Å²) in [5.41, 5.74) is -2.80. The maximum absolute atomic E-state index is 13.3. The van der Waals surface area contributed by atoms with Gasteiger partial charge in [0.25, 0.3) is 0 Å². The van der Waals surface area contributed by atoms with Gasteiger partial charge in [0.15, 0.2) is 18.0 Å². The Hall–Kier alpha value is -2.32. The van der Waals surface area contributed by atoms with E-state index in [1.807, 2.05) is 13.0 Å². The number of epoxide rings is 1. The molecule has 1 heterocycles. The third kappa shape index (κ3) is 2.71. The van der Waals surface area contributed by atoms with E-state index in [1.54, 1.807) is 12.2 Å². The number of carbonyl (C=O) groups excluding carboxylic acids is 4. The first-order chi connectivity index (χ1) is 15.4. The summed E-state index contributed by atoms with van der Waals surface area (Å²) in [7, 11) is 0. The zero-order valence-electron chi connectivity index (χ0n) is 19.4. The highest BCUT2D eigenvalue weighted by Crippen LogP contribution is 2.76. The first-order valence-electron chi connectivity index (χ1n) is 11.6. The molecule has 5 rings (SSSR count). The zero-order valence-corrected chi connectivity index (χ0v) is 19.4. The van der Waals surface area contributed by atoms with Gasteiger partial charge < -0.3 is 19.3 Å². The standard InChI is InChI=1S/C25H30O8/c1-13(26)31-12-19(29)24(30)20(32-14(2)27)10-18-17-6-5-15-9-16(28)7-8-22(15,3)25(17)21(33-25)11-23(18,24)4/h7-9,17-18,20-21,30H,5-6,10-12H2,1-4H3/t17-,18-,20+,21-,22-,23-,24+,25+/m0/s1. The number of ketones is 2. The van der Waals surface area contributed by atoms with E-state index in [-0.39, 0.29) is 23.7 Å². The van der Waals surface area contributed by atoms with Crippen molar-refractivity contribution in [2.75, 3.05) is 6.61 Å². The zero-order chi connectivity index (χ0) is 24.0. The smallest absolute Gasteiger partial charge is 0.303 e. The van der Waals surface area contributed by atoms with Crippen LogP contribution < -0.4 is 0 Å². The molecule has 3 saturated carbocycles. The molecular weight excluding hydrogens is 428 g/mol. The van der Waals surface area contributed by atoms with Crippen molar-refractivity contribution in [3.63, 3.8) is 0 Å². The third-order valence-corrected chi connectivity index (χ3v) is 9.27. The van der Waals surface area contributed by atoms with E-state index in [2.05, 4.69) is 6.92 Å². The maximum Gasteiger partial charge on any atom is 0.303 e. The number of carbonyl (C=O) groups is 4. The summed E-state index contributed by atoms with van der Waals surface area (Å²) in [6, 6.07) is 0. The lowest BCUT2D eigenvalue weighted by Gasteiger charge is -2.55. The molecule has 0 bridgehead atoms. The Morgan fingerprint density at radius 2 is 1.91 bits per heavy atom. The predicted molar refractivity (Wildman–Crippen MR) is 114 cm³/mol. The average molecular weight is 459 g/mol. The highest BCUT2D eigenvalue weighted by atomic mass is 16.6. The van der Waals surface area contributed by atoms with E-state index in [9.17, 15) is 24.3 Å². The molecule has 8 heteroatoms. The Morgan fingerprint density at radius 1 is 1.18 bits per heavy atom. The fraction of sp³-hybridized carbons (Fsp3) is 0.680. The van der Waals surface area contributed by atoms with Crippen molar-refractivity contribution < 1.29 is 38.5 Å². The molecule has 5 aliphatic rings. The molecule has 8 atom stereocenters. The maximum atomic E-state index is 13.3. The number of hydrogen-bond donors (Lipinski definition) is 1. The SMILES string of the molecule is CC(=O)OCC(=O)[C@@]1(O)[C@H](OC(C)=O)C[C@H]2[C@@H]3CCC4=CC(=O)C=C[C@]4(C)[C@@]34O[C@H]4C[C@@]21C. The number of ether oxygens (including phenoxy) is 3. The first kappa shape index (κ1) is 22.5. The lowest BCUT2D eigenvalue weighted by Crippen LogP contribution is -2.63. The van der Waals surface area contributed by atoms with E-state index in [0.717, 1.165) is 18.4 Å². The number of hydrogen-bond acceptors (Lipinski definition) is 8. The van der Waals surface area contributed by atoms with Crippen LogP contribution >= 0.6 is 0 Å². The van der Waals surface area contributed by atoms with E-state index < -0.39 is 52.5 Å². The van der Waals surface area contributed by atoms with Crippen molar-refractivity contribution >= 4 is 23.5 Å². The molecule has 1 spiro atoms. The molecule has 8 nitrogen and oxygen atoms in total. The molecule has 0 aromatic rings. The van der Waals surface area contributed by atoms with Gasteiger partial charge in [-0.05, 0) is 56.6 Å². The Kier molecular flexibility index (Phi) is 4.67. The highest BCUT2D eigenvalue weighted by molar-refractivity contribution is 6.01. The quantitative estimate of drug-likeness (QED) is 0.501. The Morgan fingerprint density at radius 3 is 2.58 bits per heavy atom. The summed E-state index contributed by atoms with van der Waals surface area (Å²) >= 11 is 0. The van der Waals surface area contributed by atoms with Gasteiger partial charge in [0.05, 0.1) is 6.10 Å². The topological polar surface area (TPSA) is 120 Å². The molecule has 0 aromatic heterocycles. The molecule has 0 amide bonds. The Bertz CT molecular complexity index is 1030. The molecule has 4 aliphatic carbocycles. The number of fused-ring (bicyclic) bond motifs is 3. The predicted octanol–water partition coefficient (Wildman–Crippen LogP) is 1.83. The highest BCUT2D eigenvalue weighted by Gasteiger charge is 2.83. The van der Waals surface area contributed by atoms with Crippen LogP contribution in [0.3, 0.4) is 0 Å². The van der Waals surface area contributed by atoms with Crippen molar-refractivity contribution in [3.05, 3.63) is 23.8 Å². The van der Waals surface area contributed by atoms with Crippen LogP contribution in [0.1, 0.15) is 53.4 Å². The number of allylic oxidation sites excluding steroid dienone is 2. The number of aliphatic hydroxyl groups is 1. The fourth-order valence-corrected chi connectivity index (χ4v) is 7.75. The molecule has 0 aromatic carbocycles. The first-order valence-corrected chi connectivity index (χ1v) is 11.6. The van der Waals surface area contributed by atoms with E-state index in [1.165, 1.54) is 13.8 Å². The van der Waals surface area contributed by atoms with E-state index in [0.29, 0.717) is 12.8 Å². The third-order valence-electron chi connectivity index (χ3n) is 9.27. The summed E-state index contributed by atoms with van der Waals surface area (Å²) in [5, 5.41) is 11.9. The van der Waals surface area contributed by atoms with Gasteiger partial charge in [-0.3, -0.25) is 19.2 Å². The number of Topliss-reactive ketones (excluding diaryl/α,β-unsaturated/α-hetero) is 1. The summed E-state index contributed by atoms with van der Waals surface area (Å²) in [4.78, 5) is 48.6. The normalized spacial score (nSPS) is 46.8. The number of esters is 2. The van der Waals surface area contributed by atoms with Gasteiger partial charge in [-0.25, -0.2) is 0 Å². The molecule has 1 saturated heterocycles. The number of rotatable bonds is 4. The molecule has 1 N–H and O–H groups in total. The molecule has 1 aliphatic heterocycles. The van der Waals surface area contributed by atoms with Gasteiger partial charge in [-0.15, -0.1) is 0 Å². The van der Waals surface area contributed by atoms with Crippen molar-refractivity contribution in [1.82, 2.24) is 0 Å². The second-order valence-electron chi connectivity index (χ2n) is 10.7. The van der Waals surface area contributed by atoms with Crippen LogP contribution in [0.2, 0.25) is 0 Å². The van der Waals surface area contributed by atoms with Crippen LogP contribution in [0.25, 0.3) is 0 Å². The monoisotopic (exact) mass is 458 g/mol. The second-order valence-corrected chi connectivity index (χ2v) is 10.7. The van der Waals surface area contributed by atoms with E-state index in [4.69, 9.17) is 14.2 Å². The minimum atomic E-state index is -1.99. The molecule has 33 heavy (non-hydrogen) atoms. The van der Waals surface area contributed by atoms with Crippen LogP contribution in [0.15, 0.2) is 23.8 Å². The van der Waals surface area contributed by atoms with Gasteiger partial charge in [-0.1, -0.05) is 18.6 Å². The van der Waals surface area contributed by atoms with E-state index >= 15 is 0 Å². The summed E-state index contributed by atoms with van der Waals surface area (Å²) in [5.74, 6) is -2.02. The van der Waals surface area contributed by atoms with Gasteiger partial charge in [-0.2, -0.15) is 0 Å². The Labute approximate surface area is 192 Å². The second kappa shape index (κ2) is 6.85. The molecule has 4 fully saturated rings. The lowest BCUT2D eigenvalue weighted by atomic mass is 9.47. The average Bonchev–Trinajstić information content (AvgIpc) is 3.41. The van der Waals surface area contributed by atoms with Crippen molar-refractivity contribution in [2.45, 2.75) is 76.8 Å². The fourth-order valence-electron chi connectivity index (χ4n) is 7.75. The van der Waals surface area contributed by atoms with Gasteiger partial charge in [0.1, 0.15) is 11.7 Å². The van der Waals surface area contributed by atoms with Crippen molar-refractivity contribution in [2.24, 2.45) is 22.7 Å². The van der Waals surface area contributed by atoms with Gasteiger partial charge in [0.2, 0.25) is 5.78 Å². The van der Waals surface area contributed by atoms with Crippen molar-refractivity contribution in [3.8, 4) is 0 Å². The van der Waals surface area contributed by atoms with Gasteiger partial charge in [0, 0.05) is 24.7 Å². The minimum absolute atomic E-state index is 0.00913. The molecule has 178 valence electrons. The van der Waals surface area contributed by atoms with Crippen LogP contribution in [0, 0.1) is 22.7 Å². The Balaban J connectivity index is 1.55. The summed E-state index contributed by atoms with van der Waals surface area (Å²) < 4.78 is 16.9. The van der Waals surface area contributed by atoms with Crippen LogP contribution in [-0.2, 0) is 33.4 Å². The molecule has 0 unspecified atom stereocenters. The lowest BCUT2D eigenvalue weighted by molar-refractivity contribution is -0.187. The van der Waals surface area contributed by atoms with Gasteiger partial charge >= 0.3 is 11.9 Å². The minimum Gasteiger partial charge on any atom is -0.459 e. The van der Waals surface area contributed by atoms with Crippen LogP contribution in [0.5, 0.6) is 0 Å². The molecule has 0 radical (unpaired) electrons. The van der Waals surface area contributed by atoms with Crippen LogP contribution in [-0.4, -0.2) is 58.6 Å². The largest absolute Gasteiger partial charge is 0.459 e. The van der Waals surface area contributed by atoms with Crippen molar-refractivity contribution in [1.29, 1.82) is 0 Å². The summed E-state index contributed by atoms with van der Waals surface area (Å²) in [6.07, 6.45) is 6.22. The molecular formula is C25H30O8. The summed E-state index contributed by atoms with van der Waals surface area (Å²) in [6.45, 7) is 5.84. The van der Waals surface area contributed by atoms with Crippen LogP contribution in [0.4, 0.5) is 0 Å².